The molecule has 3 rings (SSSR count). The van der Waals surface area contributed by atoms with Gasteiger partial charge in [0, 0.05) is 6.08 Å². The van der Waals surface area contributed by atoms with Gasteiger partial charge in [0.2, 0.25) is 5.79 Å². The van der Waals surface area contributed by atoms with Crippen molar-refractivity contribution in [3.63, 3.8) is 0 Å². The largest absolute Gasteiger partial charge is 0.466 e. The number of esters is 1. The van der Waals surface area contributed by atoms with Crippen LogP contribution >= 0.6 is 0 Å². The second-order valence-corrected chi connectivity index (χ2v) is 3.98. The number of carbonyl (C=O) groups is 1. The second kappa shape index (κ2) is 3.59. The molecule has 84 valence electrons. The molecule has 3 saturated heterocycles. The van der Waals surface area contributed by atoms with Crippen LogP contribution in [-0.2, 0) is 23.7 Å². The predicted molar refractivity (Wildman–Crippen MR) is 50.1 cm³/mol. The Morgan fingerprint density at radius 3 is 2.40 bits per heavy atom. The first-order valence-electron chi connectivity index (χ1n) is 4.77. The van der Waals surface area contributed by atoms with E-state index in [1.165, 1.54) is 19.3 Å². The van der Waals surface area contributed by atoms with Crippen LogP contribution in [0.15, 0.2) is 12.2 Å². The maximum Gasteiger partial charge on any atom is 0.330 e. The summed E-state index contributed by atoms with van der Waals surface area (Å²) in [6, 6.07) is 0. The molecule has 2 bridgehead atoms. The number of carbonyl (C=O) groups excluding carboxylic acids is 1. The van der Waals surface area contributed by atoms with Crippen molar-refractivity contribution in [1.29, 1.82) is 0 Å². The number of hydrogen-bond donors (Lipinski definition) is 0. The maximum absolute atomic E-state index is 10.9. The summed E-state index contributed by atoms with van der Waals surface area (Å²) in [4.78, 5) is 10.9. The molecule has 0 atom stereocenters. The molecule has 3 heterocycles. The lowest BCUT2D eigenvalue weighted by atomic mass is 10.0. The van der Waals surface area contributed by atoms with Gasteiger partial charge in [-0.25, -0.2) is 4.79 Å². The van der Waals surface area contributed by atoms with Gasteiger partial charge in [-0.1, -0.05) is 0 Å². The van der Waals surface area contributed by atoms with Crippen molar-refractivity contribution in [3.05, 3.63) is 12.2 Å². The SMILES string of the molecule is COC(=O)/C=C/C12COC(C)(CO1)CO2. The van der Waals surface area contributed by atoms with Crippen LogP contribution in [0.5, 0.6) is 0 Å². The van der Waals surface area contributed by atoms with E-state index in [9.17, 15) is 4.79 Å². The molecule has 3 fully saturated rings. The molecule has 0 aromatic rings. The molecule has 15 heavy (non-hydrogen) atoms. The zero-order valence-corrected chi connectivity index (χ0v) is 8.82. The topological polar surface area (TPSA) is 54.0 Å². The van der Waals surface area contributed by atoms with Gasteiger partial charge in [0.1, 0.15) is 12.2 Å². The quantitative estimate of drug-likeness (QED) is 0.487. The highest BCUT2D eigenvalue weighted by Gasteiger charge is 2.48. The summed E-state index contributed by atoms with van der Waals surface area (Å²) < 4.78 is 21.1. The third-order valence-electron chi connectivity index (χ3n) is 2.54. The molecule has 5 heteroatoms. The van der Waals surface area contributed by atoms with Crippen LogP contribution in [0.2, 0.25) is 0 Å². The molecule has 0 amide bonds. The van der Waals surface area contributed by atoms with Crippen molar-refractivity contribution in [2.24, 2.45) is 0 Å². The standard InChI is InChI=1S/C10H14O5/c1-9-5-14-10(7-13-9,15-6-9)4-3-8(11)12-2/h3-4H,5-7H2,1-2H3/b4-3+. The summed E-state index contributed by atoms with van der Waals surface area (Å²) in [5.41, 5.74) is -0.346. The molecule has 0 spiro atoms. The summed E-state index contributed by atoms with van der Waals surface area (Å²) in [5.74, 6) is -1.35. The Bertz CT molecular complexity index is 272. The molecule has 0 saturated carbocycles. The first-order chi connectivity index (χ1) is 7.08. The van der Waals surface area contributed by atoms with Crippen molar-refractivity contribution in [3.8, 4) is 0 Å². The van der Waals surface area contributed by atoms with Crippen LogP contribution in [0.1, 0.15) is 6.92 Å². The van der Waals surface area contributed by atoms with E-state index in [1.54, 1.807) is 0 Å². The van der Waals surface area contributed by atoms with E-state index in [2.05, 4.69) is 4.74 Å². The van der Waals surface area contributed by atoms with Crippen molar-refractivity contribution >= 4 is 5.97 Å². The van der Waals surface area contributed by atoms with Crippen LogP contribution in [0, 0.1) is 0 Å². The molecular weight excluding hydrogens is 200 g/mol. The van der Waals surface area contributed by atoms with Crippen molar-refractivity contribution < 1.29 is 23.7 Å². The Balaban J connectivity index is 2.03. The summed E-state index contributed by atoms with van der Waals surface area (Å²) in [6.07, 6.45) is 2.83. The minimum atomic E-state index is -0.911. The zero-order chi connectivity index (χ0) is 10.9. The number of fused-ring (bicyclic) bond motifs is 3. The van der Waals surface area contributed by atoms with Gasteiger partial charge in [0.25, 0.3) is 0 Å². The number of hydrogen-bond acceptors (Lipinski definition) is 5. The summed E-state index contributed by atoms with van der Waals surface area (Å²) in [7, 11) is 1.32. The van der Waals surface area contributed by atoms with Gasteiger partial charge >= 0.3 is 5.97 Å². The number of ether oxygens (including phenoxy) is 4. The number of rotatable bonds is 2. The average Bonchev–Trinajstić information content (AvgIpc) is 2.28. The van der Waals surface area contributed by atoms with Gasteiger partial charge in [0.05, 0.1) is 20.3 Å². The third-order valence-corrected chi connectivity index (χ3v) is 2.54. The molecule has 0 aromatic heterocycles. The fourth-order valence-electron chi connectivity index (χ4n) is 1.48. The van der Waals surface area contributed by atoms with Crippen LogP contribution in [0.4, 0.5) is 0 Å². The molecule has 5 nitrogen and oxygen atoms in total. The normalized spacial score (nSPS) is 39.6. The first-order valence-corrected chi connectivity index (χ1v) is 4.77. The lowest BCUT2D eigenvalue weighted by Gasteiger charge is -2.49. The highest BCUT2D eigenvalue weighted by atomic mass is 16.8. The fourth-order valence-corrected chi connectivity index (χ4v) is 1.48. The van der Waals surface area contributed by atoms with E-state index in [-0.39, 0.29) is 5.60 Å². The molecule has 3 aliphatic heterocycles. The monoisotopic (exact) mass is 214 g/mol. The van der Waals surface area contributed by atoms with Gasteiger partial charge in [0.15, 0.2) is 0 Å². The van der Waals surface area contributed by atoms with Crippen molar-refractivity contribution in [1.82, 2.24) is 0 Å². The summed E-state index contributed by atoms with van der Waals surface area (Å²) in [6.45, 7) is 3.17. The van der Waals surface area contributed by atoms with E-state index in [4.69, 9.17) is 14.2 Å². The molecule has 0 aromatic carbocycles. The minimum absolute atomic E-state index is 0.303. The fraction of sp³-hybridized carbons (Fsp3) is 0.700. The first kappa shape index (κ1) is 10.6. The van der Waals surface area contributed by atoms with Gasteiger partial charge in [-0.3, -0.25) is 0 Å². The van der Waals surface area contributed by atoms with E-state index in [1.807, 2.05) is 6.92 Å². The van der Waals surface area contributed by atoms with Gasteiger partial charge in [-0.2, -0.15) is 0 Å². The summed E-state index contributed by atoms with van der Waals surface area (Å²) in [5, 5.41) is 0. The van der Waals surface area contributed by atoms with E-state index < -0.39 is 11.8 Å². The number of methoxy groups -OCH3 is 1. The zero-order valence-electron chi connectivity index (χ0n) is 8.82. The predicted octanol–water partition coefficient (Wildman–Crippen LogP) is 0.248. The van der Waals surface area contributed by atoms with Crippen LogP contribution < -0.4 is 0 Å². The molecule has 0 radical (unpaired) electrons. The van der Waals surface area contributed by atoms with Crippen molar-refractivity contribution in [2.75, 3.05) is 26.9 Å². The highest BCUT2D eigenvalue weighted by molar-refractivity contribution is 5.81. The molecule has 0 aliphatic carbocycles. The van der Waals surface area contributed by atoms with Gasteiger partial charge in [-0.15, -0.1) is 0 Å². The maximum atomic E-state index is 10.9. The highest BCUT2D eigenvalue weighted by Crippen LogP contribution is 2.34. The lowest BCUT2D eigenvalue weighted by Crippen LogP contribution is -2.61. The van der Waals surface area contributed by atoms with Crippen LogP contribution in [-0.4, -0.2) is 44.3 Å². The second-order valence-electron chi connectivity index (χ2n) is 3.98. The lowest BCUT2D eigenvalue weighted by molar-refractivity contribution is -0.372. The van der Waals surface area contributed by atoms with Crippen LogP contribution in [0.3, 0.4) is 0 Å². The third kappa shape index (κ3) is 2.04. The molecule has 3 aliphatic rings. The van der Waals surface area contributed by atoms with Gasteiger partial charge in [-0.05, 0) is 13.0 Å². The average molecular weight is 214 g/mol. The molecule has 0 N–H and O–H groups in total. The Hall–Kier alpha value is -0.910. The Morgan fingerprint density at radius 1 is 1.27 bits per heavy atom. The minimum Gasteiger partial charge on any atom is -0.466 e. The van der Waals surface area contributed by atoms with Crippen LogP contribution in [0.25, 0.3) is 0 Å². The van der Waals surface area contributed by atoms with E-state index >= 15 is 0 Å². The Morgan fingerprint density at radius 2 is 1.93 bits per heavy atom. The smallest absolute Gasteiger partial charge is 0.330 e. The van der Waals surface area contributed by atoms with Crippen molar-refractivity contribution in [2.45, 2.75) is 18.3 Å². The molecule has 0 unspecified atom stereocenters. The van der Waals surface area contributed by atoms with E-state index in [0.29, 0.717) is 19.8 Å². The van der Waals surface area contributed by atoms with Gasteiger partial charge < -0.3 is 18.9 Å². The Labute approximate surface area is 87.9 Å². The molecular formula is C10H14O5. The Kier molecular flexibility index (Phi) is 2.54. The summed E-state index contributed by atoms with van der Waals surface area (Å²) >= 11 is 0. The van der Waals surface area contributed by atoms with E-state index in [0.717, 1.165) is 0 Å².